The maximum absolute atomic E-state index is 11.9. The number of fused-ring (bicyclic) bond motifs is 1. The van der Waals surface area contributed by atoms with Crippen LogP contribution in [0.25, 0.3) is 16.6 Å². The molecule has 0 atom stereocenters. The van der Waals surface area contributed by atoms with Crippen molar-refractivity contribution in [1.29, 1.82) is 0 Å². The van der Waals surface area contributed by atoms with E-state index in [0.29, 0.717) is 5.69 Å². The minimum Gasteiger partial charge on any atom is -0.444 e. The molecule has 0 fully saturated rings. The van der Waals surface area contributed by atoms with Crippen molar-refractivity contribution in [2.24, 2.45) is 0 Å². The third-order valence-corrected chi connectivity index (χ3v) is 3.26. The number of pyridine rings is 1. The minimum atomic E-state index is -0.527. The van der Waals surface area contributed by atoms with Gasteiger partial charge in [-0.2, -0.15) is 0 Å². The van der Waals surface area contributed by atoms with Gasteiger partial charge in [0, 0.05) is 17.1 Å². The topological polar surface area (TPSA) is 67.0 Å². The van der Waals surface area contributed by atoms with Crippen molar-refractivity contribution in [2.45, 2.75) is 32.8 Å². The first-order valence-electron chi connectivity index (χ1n) is 7.26. The number of ether oxygens (including phenoxy) is 1. The van der Waals surface area contributed by atoms with Gasteiger partial charge in [-0.1, -0.05) is 18.2 Å². The van der Waals surface area contributed by atoms with E-state index in [-0.39, 0.29) is 0 Å². The van der Waals surface area contributed by atoms with Gasteiger partial charge in [-0.3, -0.25) is 5.32 Å². The molecule has 1 amide bonds. The Labute approximate surface area is 129 Å². The van der Waals surface area contributed by atoms with Crippen molar-refractivity contribution in [3.8, 4) is 0 Å². The summed E-state index contributed by atoms with van der Waals surface area (Å²) in [5.74, 6) is 0. The maximum Gasteiger partial charge on any atom is 0.412 e. The van der Waals surface area contributed by atoms with Gasteiger partial charge in [0.1, 0.15) is 11.2 Å². The van der Waals surface area contributed by atoms with Crippen LogP contribution in [0, 0.1) is 0 Å². The molecule has 0 aliphatic heterocycles. The van der Waals surface area contributed by atoms with E-state index in [1.54, 1.807) is 6.20 Å². The van der Waals surface area contributed by atoms with E-state index in [2.05, 4.69) is 33.5 Å². The molecule has 2 heterocycles. The van der Waals surface area contributed by atoms with Gasteiger partial charge in [0.2, 0.25) is 0 Å². The minimum absolute atomic E-state index is 0.481. The number of anilines is 1. The molecule has 22 heavy (non-hydrogen) atoms. The molecule has 5 heteroatoms. The lowest BCUT2D eigenvalue weighted by Crippen LogP contribution is -2.27. The summed E-state index contributed by atoms with van der Waals surface area (Å²) in [6.07, 6.45) is 10.4. The second-order valence-electron chi connectivity index (χ2n) is 6.25. The van der Waals surface area contributed by atoms with Crippen LogP contribution in [0.5, 0.6) is 0 Å². The van der Waals surface area contributed by atoms with Crippen LogP contribution in [0.15, 0.2) is 36.7 Å². The van der Waals surface area contributed by atoms with E-state index < -0.39 is 11.7 Å². The van der Waals surface area contributed by atoms with E-state index in [4.69, 9.17) is 4.74 Å². The Morgan fingerprint density at radius 3 is 2.91 bits per heavy atom. The molecule has 0 bridgehead atoms. The summed E-state index contributed by atoms with van der Waals surface area (Å²) in [7, 11) is 0. The Morgan fingerprint density at radius 1 is 1.41 bits per heavy atom. The van der Waals surface area contributed by atoms with Crippen LogP contribution in [-0.4, -0.2) is 21.7 Å². The van der Waals surface area contributed by atoms with Crippen LogP contribution >= 0.6 is 0 Å². The van der Waals surface area contributed by atoms with Gasteiger partial charge in [-0.15, -0.1) is 0 Å². The number of nitrogens with one attached hydrogen (secondary N) is 2. The molecule has 1 aliphatic carbocycles. The Bertz CT molecular complexity index is 779. The van der Waals surface area contributed by atoms with E-state index >= 15 is 0 Å². The molecule has 1 aliphatic rings. The van der Waals surface area contributed by atoms with E-state index in [1.807, 2.05) is 33.0 Å². The molecular weight excluding hydrogens is 278 g/mol. The number of carbonyl (C=O) groups is 1. The van der Waals surface area contributed by atoms with Gasteiger partial charge in [-0.05, 0) is 38.8 Å². The molecular formula is C17H19N3O2. The lowest BCUT2D eigenvalue weighted by Gasteiger charge is -2.19. The zero-order chi connectivity index (χ0) is 15.7. The average Bonchev–Trinajstić information content (AvgIpc) is 3.03. The predicted molar refractivity (Wildman–Crippen MR) is 87.7 cm³/mol. The van der Waals surface area contributed by atoms with Crippen molar-refractivity contribution in [2.75, 3.05) is 5.32 Å². The summed E-state index contributed by atoms with van der Waals surface area (Å²) < 4.78 is 5.26. The summed E-state index contributed by atoms with van der Waals surface area (Å²) in [6.45, 7) is 5.49. The van der Waals surface area contributed by atoms with Gasteiger partial charge < -0.3 is 9.72 Å². The zero-order valence-electron chi connectivity index (χ0n) is 12.9. The van der Waals surface area contributed by atoms with Gasteiger partial charge in [-0.25, -0.2) is 9.78 Å². The van der Waals surface area contributed by atoms with Crippen molar-refractivity contribution in [3.63, 3.8) is 0 Å². The van der Waals surface area contributed by atoms with E-state index in [1.165, 1.54) is 5.57 Å². The number of aromatic nitrogens is 2. The molecule has 2 aromatic rings. The fourth-order valence-corrected chi connectivity index (χ4v) is 2.39. The first-order valence-corrected chi connectivity index (χ1v) is 7.26. The number of rotatable bonds is 2. The van der Waals surface area contributed by atoms with Crippen molar-refractivity contribution in [3.05, 3.63) is 42.3 Å². The van der Waals surface area contributed by atoms with Crippen molar-refractivity contribution < 1.29 is 9.53 Å². The monoisotopic (exact) mass is 297 g/mol. The molecule has 0 radical (unpaired) electrons. The number of hydrogen-bond donors (Lipinski definition) is 2. The third-order valence-electron chi connectivity index (χ3n) is 3.26. The summed E-state index contributed by atoms with van der Waals surface area (Å²) in [6, 6.07) is 1.91. The quantitative estimate of drug-likeness (QED) is 0.870. The van der Waals surface area contributed by atoms with Crippen LogP contribution in [-0.2, 0) is 4.74 Å². The van der Waals surface area contributed by atoms with Gasteiger partial charge in [0.05, 0.1) is 11.9 Å². The van der Waals surface area contributed by atoms with Gasteiger partial charge in [0.25, 0.3) is 0 Å². The molecule has 2 N–H and O–H groups in total. The second-order valence-corrected chi connectivity index (χ2v) is 6.25. The highest BCUT2D eigenvalue weighted by Gasteiger charge is 2.17. The number of amides is 1. The highest BCUT2D eigenvalue weighted by Crippen LogP contribution is 2.29. The third kappa shape index (κ3) is 3.03. The molecule has 114 valence electrons. The van der Waals surface area contributed by atoms with Crippen LogP contribution in [0.2, 0.25) is 0 Å². The van der Waals surface area contributed by atoms with E-state index in [0.717, 1.165) is 23.0 Å². The lowest BCUT2D eigenvalue weighted by atomic mass is 10.1. The standard InChI is InChI=1S/C17H19N3O2/c1-17(2,3)22-16(21)20-12-8-13-14(11-6-4-5-7-11)10-19-15(13)18-9-12/h4,6-10H,5H2,1-3H3,(H,18,19)(H,20,21). The van der Waals surface area contributed by atoms with Crippen molar-refractivity contribution >= 4 is 28.4 Å². The molecule has 0 saturated heterocycles. The first-order chi connectivity index (χ1) is 10.4. The number of hydrogen-bond acceptors (Lipinski definition) is 3. The molecule has 3 rings (SSSR count). The number of nitrogens with zero attached hydrogens (tertiary/aromatic N) is 1. The maximum atomic E-state index is 11.9. The predicted octanol–water partition coefficient (Wildman–Crippen LogP) is 4.25. The smallest absolute Gasteiger partial charge is 0.412 e. The Kier molecular flexibility index (Phi) is 3.48. The van der Waals surface area contributed by atoms with Gasteiger partial charge in [0.15, 0.2) is 0 Å². The van der Waals surface area contributed by atoms with Crippen LogP contribution < -0.4 is 5.32 Å². The normalized spacial score (nSPS) is 14.2. The Morgan fingerprint density at radius 2 is 2.23 bits per heavy atom. The highest BCUT2D eigenvalue weighted by atomic mass is 16.6. The molecule has 0 saturated carbocycles. The number of carbonyl (C=O) groups excluding carboxylic acids is 1. The van der Waals surface area contributed by atoms with Crippen LogP contribution in [0.3, 0.4) is 0 Å². The summed E-state index contributed by atoms with van der Waals surface area (Å²) in [4.78, 5) is 19.4. The fourth-order valence-electron chi connectivity index (χ4n) is 2.39. The first kappa shape index (κ1) is 14.4. The molecule has 0 unspecified atom stereocenters. The summed E-state index contributed by atoms with van der Waals surface area (Å²) in [5.41, 5.74) is 3.14. The number of aromatic amines is 1. The van der Waals surface area contributed by atoms with Crippen molar-refractivity contribution in [1.82, 2.24) is 9.97 Å². The number of allylic oxidation sites excluding steroid dienone is 4. The van der Waals surface area contributed by atoms with Crippen LogP contribution in [0.1, 0.15) is 32.8 Å². The SMILES string of the molecule is CC(C)(C)OC(=O)Nc1cnc2[nH]cc(C3=CCC=C3)c2c1. The molecule has 2 aromatic heterocycles. The van der Waals surface area contributed by atoms with E-state index in [9.17, 15) is 4.79 Å². The second kappa shape index (κ2) is 5.33. The fraction of sp³-hybridized carbons (Fsp3) is 0.294. The zero-order valence-corrected chi connectivity index (χ0v) is 12.9. The average molecular weight is 297 g/mol. The molecule has 0 spiro atoms. The lowest BCUT2D eigenvalue weighted by molar-refractivity contribution is 0.0636. The molecule has 0 aromatic carbocycles. The Hall–Kier alpha value is -2.56. The number of H-pyrrole nitrogens is 1. The summed E-state index contributed by atoms with van der Waals surface area (Å²) >= 11 is 0. The highest BCUT2D eigenvalue weighted by molar-refractivity contribution is 5.97. The molecule has 5 nitrogen and oxygen atoms in total. The Balaban J connectivity index is 1.87. The van der Waals surface area contributed by atoms with Crippen LogP contribution in [0.4, 0.5) is 10.5 Å². The largest absolute Gasteiger partial charge is 0.444 e. The van der Waals surface area contributed by atoms with Gasteiger partial charge >= 0.3 is 6.09 Å². The summed E-state index contributed by atoms with van der Waals surface area (Å²) in [5, 5.41) is 3.70.